The van der Waals surface area contributed by atoms with Crippen molar-refractivity contribution in [3.05, 3.63) is 58.1 Å². The highest BCUT2D eigenvalue weighted by atomic mass is 35.5. The summed E-state index contributed by atoms with van der Waals surface area (Å²) in [6.07, 6.45) is 0.907. The van der Waals surface area contributed by atoms with Crippen molar-refractivity contribution >= 4 is 40.6 Å². The van der Waals surface area contributed by atoms with E-state index in [1.807, 2.05) is 0 Å². The van der Waals surface area contributed by atoms with Crippen LogP contribution >= 0.6 is 23.2 Å². The number of hydrogen-bond acceptors (Lipinski definition) is 2. The van der Waals surface area contributed by atoms with Gasteiger partial charge in [-0.3, -0.25) is 0 Å². The van der Waals surface area contributed by atoms with E-state index in [1.54, 1.807) is 18.2 Å². The van der Waals surface area contributed by atoms with Gasteiger partial charge in [0.15, 0.2) is 0 Å². The van der Waals surface area contributed by atoms with Crippen LogP contribution in [0, 0.1) is 6.92 Å². The number of urea groups is 1. The Bertz CT molecular complexity index is 751. The Kier molecular flexibility index (Phi) is 5.17. The first-order valence-corrected chi connectivity index (χ1v) is 8.61. The lowest BCUT2D eigenvalue weighted by molar-refractivity contribution is 0.249. The Hall–Kier alpha value is -1.91. The monoisotopic (exact) mass is 363 g/mol. The van der Waals surface area contributed by atoms with Gasteiger partial charge in [0, 0.05) is 29.8 Å². The average molecular weight is 364 g/mol. The summed E-state index contributed by atoms with van der Waals surface area (Å²) < 4.78 is 0. The molecule has 0 bridgehead atoms. The van der Waals surface area contributed by atoms with Crippen LogP contribution in [0.4, 0.5) is 16.2 Å². The maximum Gasteiger partial charge on any atom is 0.319 e. The van der Waals surface area contributed by atoms with Crippen molar-refractivity contribution in [2.75, 3.05) is 23.3 Å². The smallest absolute Gasteiger partial charge is 0.319 e. The summed E-state index contributed by atoms with van der Waals surface area (Å²) in [7, 11) is 0. The highest BCUT2D eigenvalue weighted by Crippen LogP contribution is 2.25. The van der Waals surface area contributed by atoms with Gasteiger partial charge in [-0.05, 0) is 49.2 Å². The van der Waals surface area contributed by atoms with Crippen LogP contribution in [0.15, 0.2) is 42.5 Å². The summed E-state index contributed by atoms with van der Waals surface area (Å²) in [5, 5.41) is 6.74. The lowest BCUT2D eigenvalue weighted by Crippen LogP contribution is -2.39. The van der Waals surface area contributed by atoms with Crippen molar-refractivity contribution in [2.24, 2.45) is 0 Å². The highest BCUT2D eigenvalue weighted by Gasteiger charge is 2.24. The van der Waals surface area contributed by atoms with E-state index in [0.29, 0.717) is 15.7 Å². The van der Waals surface area contributed by atoms with E-state index in [0.717, 1.165) is 19.5 Å². The predicted molar refractivity (Wildman–Crippen MR) is 100 cm³/mol. The van der Waals surface area contributed by atoms with E-state index in [1.165, 1.54) is 11.3 Å². The van der Waals surface area contributed by atoms with Gasteiger partial charge in [-0.2, -0.15) is 0 Å². The first-order valence-electron chi connectivity index (χ1n) is 7.85. The number of hydrogen-bond donors (Lipinski definition) is 2. The molecule has 0 spiro atoms. The lowest BCUT2D eigenvalue weighted by Gasteiger charge is -2.19. The van der Waals surface area contributed by atoms with Crippen molar-refractivity contribution in [3.63, 3.8) is 0 Å². The van der Waals surface area contributed by atoms with Gasteiger partial charge in [0.1, 0.15) is 0 Å². The molecule has 2 N–H and O–H groups in total. The van der Waals surface area contributed by atoms with Crippen LogP contribution < -0.4 is 15.5 Å². The van der Waals surface area contributed by atoms with Crippen molar-refractivity contribution < 1.29 is 4.79 Å². The minimum absolute atomic E-state index is 0.100. The van der Waals surface area contributed by atoms with Crippen LogP contribution in [-0.2, 0) is 0 Å². The standard InChI is InChI=1S/C18H19Cl2N3O/c1-12-3-2-4-15(9-12)23-8-7-14(11-23)21-18(24)22-17-10-13(19)5-6-16(17)20/h2-6,9-10,14H,7-8,11H2,1H3,(H2,21,22,24)/t14-/m1/s1. The Morgan fingerprint density at radius 3 is 2.83 bits per heavy atom. The largest absolute Gasteiger partial charge is 0.369 e. The van der Waals surface area contributed by atoms with Gasteiger partial charge in [0.05, 0.1) is 10.7 Å². The molecule has 0 unspecified atom stereocenters. The van der Waals surface area contributed by atoms with Crippen LogP contribution in [0.5, 0.6) is 0 Å². The van der Waals surface area contributed by atoms with Gasteiger partial charge in [0.25, 0.3) is 0 Å². The van der Waals surface area contributed by atoms with Gasteiger partial charge in [-0.25, -0.2) is 4.79 Å². The van der Waals surface area contributed by atoms with Gasteiger partial charge >= 0.3 is 6.03 Å². The SMILES string of the molecule is Cc1cccc(N2CC[C@@H](NC(=O)Nc3cc(Cl)ccc3Cl)C2)c1. The molecule has 2 aromatic carbocycles. The van der Waals surface area contributed by atoms with Crippen LogP contribution in [0.25, 0.3) is 0 Å². The van der Waals surface area contributed by atoms with Gasteiger partial charge in [-0.1, -0.05) is 35.3 Å². The summed E-state index contributed by atoms with van der Waals surface area (Å²) >= 11 is 12.0. The molecular weight excluding hydrogens is 345 g/mol. The molecule has 4 nitrogen and oxygen atoms in total. The predicted octanol–water partition coefficient (Wildman–Crippen LogP) is 4.70. The van der Waals surface area contributed by atoms with Crippen molar-refractivity contribution in [3.8, 4) is 0 Å². The molecule has 0 aliphatic carbocycles. The summed E-state index contributed by atoms with van der Waals surface area (Å²) in [5.74, 6) is 0. The number of amides is 2. The normalized spacial score (nSPS) is 17.0. The van der Waals surface area contributed by atoms with Crippen LogP contribution in [-0.4, -0.2) is 25.2 Å². The quantitative estimate of drug-likeness (QED) is 0.829. The summed E-state index contributed by atoms with van der Waals surface area (Å²) in [6.45, 7) is 3.80. The van der Waals surface area contributed by atoms with Gasteiger partial charge < -0.3 is 15.5 Å². The van der Waals surface area contributed by atoms with Crippen LogP contribution in [0.2, 0.25) is 10.0 Å². The van der Waals surface area contributed by atoms with Crippen LogP contribution in [0.1, 0.15) is 12.0 Å². The van der Waals surface area contributed by atoms with Crippen molar-refractivity contribution in [1.29, 1.82) is 0 Å². The molecular formula is C18H19Cl2N3O. The first-order chi connectivity index (χ1) is 11.5. The molecule has 6 heteroatoms. The molecule has 1 heterocycles. The fraction of sp³-hybridized carbons (Fsp3) is 0.278. The second kappa shape index (κ2) is 7.32. The third-order valence-electron chi connectivity index (χ3n) is 4.07. The Balaban J connectivity index is 1.57. The minimum Gasteiger partial charge on any atom is -0.369 e. The average Bonchev–Trinajstić information content (AvgIpc) is 2.99. The summed E-state index contributed by atoms with van der Waals surface area (Å²) in [5.41, 5.74) is 2.94. The first kappa shape index (κ1) is 16.9. The molecule has 126 valence electrons. The summed E-state index contributed by atoms with van der Waals surface area (Å²) in [4.78, 5) is 14.5. The number of aryl methyl sites for hydroxylation is 1. The number of rotatable bonds is 3. The maximum absolute atomic E-state index is 12.2. The number of nitrogens with one attached hydrogen (secondary N) is 2. The molecule has 1 fully saturated rings. The molecule has 1 aliphatic rings. The minimum atomic E-state index is -0.268. The maximum atomic E-state index is 12.2. The molecule has 3 rings (SSSR count). The summed E-state index contributed by atoms with van der Waals surface area (Å²) in [6, 6.07) is 13.2. The van der Waals surface area contributed by atoms with Crippen molar-refractivity contribution in [2.45, 2.75) is 19.4 Å². The molecule has 24 heavy (non-hydrogen) atoms. The van der Waals surface area contributed by atoms with E-state index < -0.39 is 0 Å². The number of carbonyl (C=O) groups is 1. The topological polar surface area (TPSA) is 44.4 Å². The van der Waals surface area contributed by atoms with E-state index in [2.05, 4.69) is 46.7 Å². The zero-order chi connectivity index (χ0) is 17.1. The molecule has 2 amide bonds. The third-order valence-corrected chi connectivity index (χ3v) is 4.63. The fourth-order valence-electron chi connectivity index (χ4n) is 2.87. The molecule has 1 atom stereocenters. The number of carbonyl (C=O) groups excluding carboxylic acids is 1. The fourth-order valence-corrected chi connectivity index (χ4v) is 3.21. The van der Waals surface area contributed by atoms with Crippen LogP contribution in [0.3, 0.4) is 0 Å². The van der Waals surface area contributed by atoms with E-state index >= 15 is 0 Å². The number of halogens is 2. The second-order valence-electron chi connectivity index (χ2n) is 5.99. The zero-order valence-corrected chi connectivity index (χ0v) is 14.9. The second-order valence-corrected chi connectivity index (χ2v) is 6.84. The molecule has 0 radical (unpaired) electrons. The Morgan fingerprint density at radius 1 is 1.21 bits per heavy atom. The van der Waals surface area contributed by atoms with Gasteiger partial charge in [-0.15, -0.1) is 0 Å². The van der Waals surface area contributed by atoms with Gasteiger partial charge in [0.2, 0.25) is 0 Å². The number of nitrogens with zero attached hydrogens (tertiary/aromatic N) is 1. The van der Waals surface area contributed by atoms with E-state index in [4.69, 9.17) is 23.2 Å². The highest BCUT2D eigenvalue weighted by molar-refractivity contribution is 6.35. The molecule has 1 aliphatic heterocycles. The molecule has 0 saturated carbocycles. The van der Waals surface area contributed by atoms with E-state index in [-0.39, 0.29) is 12.1 Å². The number of anilines is 2. The third kappa shape index (κ3) is 4.13. The molecule has 2 aromatic rings. The van der Waals surface area contributed by atoms with Crippen molar-refractivity contribution in [1.82, 2.24) is 5.32 Å². The molecule has 1 saturated heterocycles. The van der Waals surface area contributed by atoms with E-state index in [9.17, 15) is 4.79 Å². The molecule has 0 aromatic heterocycles. The number of benzene rings is 2. The Labute approximate surface area is 151 Å². The Morgan fingerprint density at radius 2 is 2.04 bits per heavy atom. The zero-order valence-electron chi connectivity index (χ0n) is 13.4. The lowest BCUT2D eigenvalue weighted by atomic mass is 10.2.